The number of nitrogens with zero attached hydrogens (tertiary/aromatic N) is 1. The molecule has 12 heavy (non-hydrogen) atoms. The number of rotatable bonds is 2. The van der Waals surface area contributed by atoms with Gasteiger partial charge in [0.1, 0.15) is 0 Å². The van der Waals surface area contributed by atoms with Crippen LogP contribution < -0.4 is 0 Å². The normalized spacial score (nSPS) is 29.7. The number of nitriles is 1. The zero-order chi connectivity index (χ0) is 8.60. The monoisotopic (exact) mass is 165 g/mol. The van der Waals surface area contributed by atoms with Gasteiger partial charge in [-0.25, -0.2) is 0 Å². The van der Waals surface area contributed by atoms with Crippen molar-refractivity contribution in [2.24, 2.45) is 11.3 Å². The van der Waals surface area contributed by atoms with Crippen LogP contribution in [0.25, 0.3) is 0 Å². The number of hydrogen-bond acceptors (Lipinski definition) is 2. The molecule has 66 valence electrons. The summed E-state index contributed by atoms with van der Waals surface area (Å²) in [6.07, 6.45) is 6.13. The van der Waals surface area contributed by atoms with Crippen LogP contribution in [0.2, 0.25) is 0 Å². The summed E-state index contributed by atoms with van der Waals surface area (Å²) in [5, 5.41) is 18.9. The molecule has 2 aliphatic carbocycles. The molecule has 0 amide bonds. The van der Waals surface area contributed by atoms with Crippen LogP contribution in [0.1, 0.15) is 38.5 Å². The van der Waals surface area contributed by atoms with Crippen molar-refractivity contribution in [3.63, 3.8) is 0 Å². The maximum Gasteiger partial charge on any atom is 0.0835 e. The van der Waals surface area contributed by atoms with E-state index < -0.39 is 0 Å². The van der Waals surface area contributed by atoms with E-state index in [0.29, 0.717) is 5.92 Å². The first-order valence-electron chi connectivity index (χ1n) is 4.88. The van der Waals surface area contributed by atoms with E-state index in [1.165, 1.54) is 6.42 Å². The molecule has 2 nitrogen and oxygen atoms in total. The van der Waals surface area contributed by atoms with Gasteiger partial charge in [0.2, 0.25) is 0 Å². The zero-order valence-corrected chi connectivity index (χ0v) is 7.29. The number of aliphatic hydroxyl groups excluding tert-OH is 1. The molecular formula is C10H15NO. The van der Waals surface area contributed by atoms with Crippen molar-refractivity contribution < 1.29 is 5.11 Å². The van der Waals surface area contributed by atoms with E-state index in [1.54, 1.807) is 0 Å². The minimum atomic E-state index is -0.342. The SMILES string of the molecule is N#CC1(C(O)C2CCC2)CCC1. The van der Waals surface area contributed by atoms with Gasteiger partial charge in [-0.2, -0.15) is 5.26 Å². The molecule has 2 aliphatic rings. The van der Waals surface area contributed by atoms with Crippen molar-refractivity contribution in [1.29, 1.82) is 5.26 Å². The van der Waals surface area contributed by atoms with Gasteiger partial charge in [-0.15, -0.1) is 0 Å². The molecule has 2 fully saturated rings. The Morgan fingerprint density at radius 2 is 2.00 bits per heavy atom. The second-order valence-corrected chi connectivity index (χ2v) is 4.26. The summed E-state index contributed by atoms with van der Waals surface area (Å²) in [7, 11) is 0. The molecule has 0 aliphatic heterocycles. The zero-order valence-electron chi connectivity index (χ0n) is 7.29. The molecule has 2 rings (SSSR count). The molecule has 1 N–H and O–H groups in total. The van der Waals surface area contributed by atoms with Crippen molar-refractivity contribution in [2.45, 2.75) is 44.6 Å². The molecule has 0 bridgehead atoms. The topological polar surface area (TPSA) is 44.0 Å². The van der Waals surface area contributed by atoms with Crippen LogP contribution in [0.5, 0.6) is 0 Å². The largest absolute Gasteiger partial charge is 0.391 e. The van der Waals surface area contributed by atoms with Crippen LogP contribution in [0, 0.1) is 22.7 Å². The highest BCUT2D eigenvalue weighted by molar-refractivity contribution is 5.10. The predicted molar refractivity (Wildman–Crippen MR) is 45.2 cm³/mol. The number of hydrogen-bond donors (Lipinski definition) is 1. The summed E-state index contributed by atoms with van der Waals surface area (Å²) in [5.41, 5.74) is -0.342. The highest BCUT2D eigenvalue weighted by Gasteiger charge is 2.48. The van der Waals surface area contributed by atoms with Gasteiger partial charge in [0.15, 0.2) is 0 Å². The van der Waals surface area contributed by atoms with Gasteiger partial charge in [0.25, 0.3) is 0 Å². The maximum absolute atomic E-state index is 9.92. The summed E-state index contributed by atoms with van der Waals surface area (Å²) < 4.78 is 0. The molecule has 1 atom stereocenters. The molecule has 0 aromatic heterocycles. The first-order valence-corrected chi connectivity index (χ1v) is 4.88. The van der Waals surface area contributed by atoms with Crippen LogP contribution in [0.4, 0.5) is 0 Å². The Bertz CT molecular complexity index is 210. The summed E-state index contributed by atoms with van der Waals surface area (Å²) >= 11 is 0. The highest BCUT2D eigenvalue weighted by Crippen LogP contribution is 2.49. The third kappa shape index (κ3) is 0.964. The van der Waals surface area contributed by atoms with Gasteiger partial charge in [-0.3, -0.25) is 0 Å². The standard InChI is InChI=1S/C10H15NO/c11-7-10(5-2-6-10)9(12)8-3-1-4-8/h8-9,12H,1-6H2. The fourth-order valence-electron chi connectivity index (χ4n) is 2.24. The van der Waals surface area contributed by atoms with Crippen molar-refractivity contribution in [3.8, 4) is 6.07 Å². The third-order valence-electron chi connectivity index (χ3n) is 3.63. The third-order valence-corrected chi connectivity index (χ3v) is 3.63. The van der Waals surface area contributed by atoms with Crippen molar-refractivity contribution in [1.82, 2.24) is 0 Å². The van der Waals surface area contributed by atoms with Crippen LogP contribution >= 0.6 is 0 Å². The van der Waals surface area contributed by atoms with Crippen LogP contribution in [-0.4, -0.2) is 11.2 Å². The lowest BCUT2D eigenvalue weighted by Crippen LogP contribution is -2.46. The average Bonchev–Trinajstić information content (AvgIpc) is 1.81. The van der Waals surface area contributed by atoms with Crippen molar-refractivity contribution in [2.75, 3.05) is 0 Å². The Hall–Kier alpha value is -0.550. The summed E-state index contributed by atoms with van der Waals surface area (Å²) in [4.78, 5) is 0. The van der Waals surface area contributed by atoms with E-state index in [0.717, 1.165) is 32.1 Å². The van der Waals surface area contributed by atoms with E-state index in [-0.39, 0.29) is 11.5 Å². The van der Waals surface area contributed by atoms with E-state index in [1.807, 2.05) is 0 Å². The molecule has 0 aromatic carbocycles. The summed E-state index contributed by atoms with van der Waals surface area (Å²) in [6, 6.07) is 2.31. The van der Waals surface area contributed by atoms with Gasteiger partial charge in [-0.1, -0.05) is 12.8 Å². The van der Waals surface area contributed by atoms with Gasteiger partial charge >= 0.3 is 0 Å². The average molecular weight is 165 g/mol. The second kappa shape index (κ2) is 2.74. The fraction of sp³-hybridized carbons (Fsp3) is 0.900. The molecule has 0 radical (unpaired) electrons. The molecule has 0 spiro atoms. The minimum absolute atomic E-state index is 0.329. The molecule has 0 heterocycles. The predicted octanol–water partition coefficient (Wildman–Crippen LogP) is 1.84. The molecular weight excluding hydrogens is 150 g/mol. The van der Waals surface area contributed by atoms with Gasteiger partial charge in [0, 0.05) is 0 Å². The number of aliphatic hydroxyl groups is 1. The van der Waals surface area contributed by atoms with Crippen molar-refractivity contribution in [3.05, 3.63) is 0 Å². The van der Waals surface area contributed by atoms with Crippen LogP contribution in [-0.2, 0) is 0 Å². The fourth-order valence-corrected chi connectivity index (χ4v) is 2.24. The Kier molecular flexibility index (Phi) is 1.84. The molecule has 2 saturated carbocycles. The molecule has 0 saturated heterocycles. The minimum Gasteiger partial charge on any atom is -0.391 e. The first kappa shape index (κ1) is 8.07. The maximum atomic E-state index is 9.92. The Morgan fingerprint density at radius 3 is 2.25 bits per heavy atom. The summed E-state index contributed by atoms with van der Waals surface area (Å²) in [5.74, 6) is 0.435. The van der Waals surface area contributed by atoms with Crippen molar-refractivity contribution >= 4 is 0 Å². The van der Waals surface area contributed by atoms with Gasteiger partial charge in [0.05, 0.1) is 17.6 Å². The van der Waals surface area contributed by atoms with Gasteiger partial charge < -0.3 is 5.11 Å². The van der Waals surface area contributed by atoms with Gasteiger partial charge in [-0.05, 0) is 31.6 Å². The molecule has 2 heteroatoms. The lowest BCUT2D eigenvalue weighted by Gasteiger charge is -2.45. The Balaban J connectivity index is 2.01. The Labute approximate surface area is 73.2 Å². The first-order chi connectivity index (χ1) is 5.78. The summed E-state index contributed by atoms with van der Waals surface area (Å²) in [6.45, 7) is 0. The van der Waals surface area contributed by atoms with Crippen LogP contribution in [0.3, 0.4) is 0 Å². The Morgan fingerprint density at radius 1 is 1.33 bits per heavy atom. The quantitative estimate of drug-likeness (QED) is 0.678. The van der Waals surface area contributed by atoms with E-state index in [4.69, 9.17) is 5.26 Å². The van der Waals surface area contributed by atoms with E-state index in [9.17, 15) is 5.11 Å². The van der Waals surface area contributed by atoms with Crippen LogP contribution in [0.15, 0.2) is 0 Å². The highest BCUT2D eigenvalue weighted by atomic mass is 16.3. The second-order valence-electron chi connectivity index (χ2n) is 4.26. The molecule has 1 unspecified atom stereocenters. The lowest BCUT2D eigenvalue weighted by molar-refractivity contribution is -0.0535. The molecule has 0 aromatic rings. The lowest BCUT2D eigenvalue weighted by atomic mass is 9.60. The van der Waals surface area contributed by atoms with E-state index >= 15 is 0 Å². The smallest absolute Gasteiger partial charge is 0.0835 e. The van der Waals surface area contributed by atoms with E-state index in [2.05, 4.69) is 6.07 Å².